The van der Waals surface area contributed by atoms with E-state index >= 15 is 0 Å². The van der Waals surface area contributed by atoms with Gasteiger partial charge >= 0.3 is 0 Å². The van der Waals surface area contributed by atoms with Gasteiger partial charge in [-0.05, 0) is 49.1 Å². The topological polar surface area (TPSA) is 47.3 Å². The highest BCUT2D eigenvalue weighted by molar-refractivity contribution is 6.01. The van der Waals surface area contributed by atoms with E-state index in [0.29, 0.717) is 0 Å². The predicted octanol–water partition coefficient (Wildman–Crippen LogP) is 4.24. The Hall–Kier alpha value is -3.06. The van der Waals surface area contributed by atoms with Crippen molar-refractivity contribution in [2.75, 3.05) is 24.5 Å². The molecule has 4 heteroatoms. The number of hydrogen-bond acceptors (Lipinski definition) is 3. The van der Waals surface area contributed by atoms with Crippen LogP contribution in [0.4, 0.5) is 5.69 Å². The molecule has 1 saturated heterocycles. The maximum atomic E-state index is 12.4. The Kier molecular flexibility index (Phi) is 6.27. The Balaban J connectivity index is 1.73. The van der Waals surface area contributed by atoms with E-state index in [1.807, 2.05) is 30.3 Å². The molecule has 1 fully saturated rings. The van der Waals surface area contributed by atoms with Crippen LogP contribution >= 0.6 is 0 Å². The van der Waals surface area contributed by atoms with Crippen molar-refractivity contribution >= 4 is 17.7 Å². The van der Waals surface area contributed by atoms with Crippen molar-refractivity contribution in [3.63, 3.8) is 0 Å². The molecule has 0 aliphatic carbocycles. The van der Waals surface area contributed by atoms with Gasteiger partial charge < -0.3 is 9.80 Å². The molecule has 0 aromatic heterocycles. The smallest absolute Gasteiger partial charge is 0.264 e. The van der Waals surface area contributed by atoms with E-state index in [1.54, 1.807) is 11.0 Å². The molecular weight excluding hydrogens is 334 g/mol. The summed E-state index contributed by atoms with van der Waals surface area (Å²) in [4.78, 5) is 16.5. The first-order valence-electron chi connectivity index (χ1n) is 9.51. The number of likely N-dealkylation sites (tertiary alicyclic amines) is 1. The van der Waals surface area contributed by atoms with Crippen LogP contribution in [0, 0.1) is 11.3 Å². The van der Waals surface area contributed by atoms with Gasteiger partial charge in [0, 0.05) is 31.9 Å². The third-order valence-electron chi connectivity index (χ3n) is 4.91. The highest BCUT2D eigenvalue weighted by Crippen LogP contribution is 2.20. The molecule has 0 radical (unpaired) electrons. The SMILES string of the molecule is CCN(Cc1ccccc1)c1ccc(C=C(C#N)C(=O)N2CCCC2)cc1. The Labute approximate surface area is 161 Å². The van der Waals surface area contributed by atoms with Crippen LogP contribution in [0.5, 0.6) is 0 Å². The van der Waals surface area contributed by atoms with Gasteiger partial charge in [0.2, 0.25) is 0 Å². The zero-order valence-electron chi connectivity index (χ0n) is 15.8. The summed E-state index contributed by atoms with van der Waals surface area (Å²) in [5.41, 5.74) is 3.48. The summed E-state index contributed by atoms with van der Waals surface area (Å²) in [6, 6.07) is 20.5. The van der Waals surface area contributed by atoms with Gasteiger partial charge in [-0.15, -0.1) is 0 Å². The molecule has 138 valence electrons. The number of rotatable bonds is 6. The van der Waals surface area contributed by atoms with Gasteiger partial charge in [0.15, 0.2) is 0 Å². The molecule has 2 aromatic rings. The average molecular weight is 359 g/mol. The molecule has 1 aliphatic rings. The molecule has 0 unspecified atom stereocenters. The fourth-order valence-electron chi connectivity index (χ4n) is 3.37. The van der Waals surface area contributed by atoms with E-state index in [4.69, 9.17) is 0 Å². The third-order valence-corrected chi connectivity index (χ3v) is 4.91. The minimum Gasteiger partial charge on any atom is -0.367 e. The molecule has 1 aliphatic heterocycles. The van der Waals surface area contributed by atoms with Gasteiger partial charge in [-0.3, -0.25) is 4.79 Å². The molecular formula is C23H25N3O. The van der Waals surface area contributed by atoms with Crippen LogP contribution < -0.4 is 4.90 Å². The quantitative estimate of drug-likeness (QED) is 0.572. The second-order valence-electron chi connectivity index (χ2n) is 6.76. The van der Waals surface area contributed by atoms with E-state index in [2.05, 4.69) is 42.2 Å². The molecule has 4 nitrogen and oxygen atoms in total. The molecule has 1 heterocycles. The lowest BCUT2D eigenvalue weighted by Crippen LogP contribution is -2.28. The summed E-state index contributed by atoms with van der Waals surface area (Å²) >= 11 is 0. The molecule has 0 spiro atoms. The zero-order valence-corrected chi connectivity index (χ0v) is 15.8. The van der Waals surface area contributed by atoms with Gasteiger partial charge in [-0.1, -0.05) is 42.5 Å². The molecule has 0 bridgehead atoms. The number of carbonyl (C=O) groups is 1. The minimum absolute atomic E-state index is 0.154. The first-order chi connectivity index (χ1) is 13.2. The summed E-state index contributed by atoms with van der Waals surface area (Å²) in [5.74, 6) is -0.154. The molecule has 3 rings (SSSR count). The van der Waals surface area contributed by atoms with E-state index in [9.17, 15) is 10.1 Å². The summed E-state index contributed by atoms with van der Waals surface area (Å²) in [7, 11) is 0. The number of amides is 1. The van der Waals surface area contributed by atoms with Crippen molar-refractivity contribution < 1.29 is 4.79 Å². The molecule has 0 saturated carbocycles. The number of benzene rings is 2. The molecule has 0 N–H and O–H groups in total. The lowest BCUT2D eigenvalue weighted by molar-refractivity contribution is -0.125. The van der Waals surface area contributed by atoms with Crippen molar-refractivity contribution in [3.05, 3.63) is 71.3 Å². The fraction of sp³-hybridized carbons (Fsp3) is 0.304. The summed E-state index contributed by atoms with van der Waals surface area (Å²) in [5, 5.41) is 9.39. The lowest BCUT2D eigenvalue weighted by atomic mass is 10.1. The number of hydrogen-bond donors (Lipinski definition) is 0. The Morgan fingerprint density at radius 1 is 1.11 bits per heavy atom. The highest BCUT2D eigenvalue weighted by Gasteiger charge is 2.21. The van der Waals surface area contributed by atoms with Crippen LogP contribution in [0.25, 0.3) is 6.08 Å². The molecule has 27 heavy (non-hydrogen) atoms. The van der Waals surface area contributed by atoms with Gasteiger partial charge in [-0.2, -0.15) is 5.26 Å². The average Bonchev–Trinajstić information content (AvgIpc) is 3.26. The summed E-state index contributed by atoms with van der Waals surface area (Å²) in [6.45, 7) is 5.40. The van der Waals surface area contributed by atoms with Crippen molar-refractivity contribution in [1.29, 1.82) is 5.26 Å². The number of nitriles is 1. The van der Waals surface area contributed by atoms with Gasteiger partial charge in [0.25, 0.3) is 5.91 Å². The third kappa shape index (κ3) is 4.77. The van der Waals surface area contributed by atoms with Crippen LogP contribution in [0.3, 0.4) is 0 Å². The van der Waals surface area contributed by atoms with Gasteiger partial charge in [0.05, 0.1) is 0 Å². The summed E-state index contributed by atoms with van der Waals surface area (Å²) < 4.78 is 0. The Morgan fingerprint density at radius 3 is 2.37 bits per heavy atom. The van der Waals surface area contributed by atoms with Crippen molar-refractivity contribution in [1.82, 2.24) is 4.90 Å². The normalized spacial score (nSPS) is 14.1. The molecule has 2 aromatic carbocycles. The standard InChI is InChI=1S/C23H25N3O/c1-2-25(18-20-8-4-3-5-9-20)22-12-10-19(11-13-22)16-21(17-24)23(27)26-14-6-7-15-26/h3-5,8-13,16H,2,6-7,14-15,18H2,1H3. The number of nitrogens with zero attached hydrogens (tertiary/aromatic N) is 3. The highest BCUT2D eigenvalue weighted by atomic mass is 16.2. The minimum atomic E-state index is -0.154. The van der Waals surface area contributed by atoms with Crippen LogP contribution in [0.1, 0.15) is 30.9 Å². The maximum Gasteiger partial charge on any atom is 0.264 e. The second-order valence-corrected chi connectivity index (χ2v) is 6.76. The maximum absolute atomic E-state index is 12.4. The number of anilines is 1. The van der Waals surface area contributed by atoms with Crippen LogP contribution in [0.15, 0.2) is 60.2 Å². The first-order valence-corrected chi connectivity index (χ1v) is 9.51. The van der Waals surface area contributed by atoms with E-state index in [0.717, 1.165) is 50.3 Å². The predicted molar refractivity (Wildman–Crippen MR) is 109 cm³/mol. The van der Waals surface area contributed by atoms with Gasteiger partial charge in [-0.25, -0.2) is 0 Å². The second kappa shape index (κ2) is 9.05. The van der Waals surface area contributed by atoms with Crippen molar-refractivity contribution in [2.24, 2.45) is 0 Å². The molecule has 0 atom stereocenters. The van der Waals surface area contributed by atoms with E-state index < -0.39 is 0 Å². The zero-order chi connectivity index (χ0) is 19.1. The lowest BCUT2D eigenvalue weighted by Gasteiger charge is -2.23. The number of carbonyl (C=O) groups excluding carboxylic acids is 1. The Morgan fingerprint density at radius 2 is 1.78 bits per heavy atom. The first kappa shape index (κ1) is 18.7. The van der Waals surface area contributed by atoms with E-state index in [-0.39, 0.29) is 11.5 Å². The fourth-order valence-corrected chi connectivity index (χ4v) is 3.37. The van der Waals surface area contributed by atoms with E-state index in [1.165, 1.54) is 5.56 Å². The largest absolute Gasteiger partial charge is 0.367 e. The van der Waals surface area contributed by atoms with Crippen LogP contribution in [0.2, 0.25) is 0 Å². The van der Waals surface area contributed by atoms with Crippen LogP contribution in [-0.4, -0.2) is 30.4 Å². The van der Waals surface area contributed by atoms with Crippen molar-refractivity contribution in [2.45, 2.75) is 26.3 Å². The molecule has 1 amide bonds. The monoisotopic (exact) mass is 359 g/mol. The van der Waals surface area contributed by atoms with Crippen molar-refractivity contribution in [3.8, 4) is 6.07 Å². The Bertz CT molecular complexity index is 828. The van der Waals surface area contributed by atoms with Gasteiger partial charge in [0.1, 0.15) is 11.6 Å². The van der Waals surface area contributed by atoms with Crippen LogP contribution in [-0.2, 0) is 11.3 Å². The summed E-state index contributed by atoms with van der Waals surface area (Å²) in [6.07, 6.45) is 3.73.